The number of anilines is 1. The molecule has 0 saturated carbocycles. The highest BCUT2D eigenvalue weighted by Gasteiger charge is 2.31. The van der Waals surface area contributed by atoms with Crippen molar-refractivity contribution in [3.8, 4) is 0 Å². The van der Waals surface area contributed by atoms with Crippen LogP contribution in [0.1, 0.15) is 51.0 Å². The molecule has 0 spiro atoms. The molecule has 0 fully saturated rings. The number of H-pyrrole nitrogens is 1. The molecule has 1 aliphatic heterocycles. The number of aromatic amines is 1. The highest BCUT2D eigenvalue weighted by molar-refractivity contribution is 6.32. The van der Waals surface area contributed by atoms with Crippen LogP contribution in [0.3, 0.4) is 0 Å². The number of benzene rings is 1. The second-order valence-corrected chi connectivity index (χ2v) is 6.67. The summed E-state index contributed by atoms with van der Waals surface area (Å²) < 4.78 is 19.5. The zero-order chi connectivity index (χ0) is 19.0. The number of fused-ring (bicyclic) bond motifs is 1. The summed E-state index contributed by atoms with van der Waals surface area (Å²) in [6.45, 7) is 5.74. The number of aromatic nitrogens is 1. The monoisotopic (exact) mass is 378 g/mol. The van der Waals surface area contributed by atoms with Gasteiger partial charge in [0.15, 0.2) is 0 Å². The van der Waals surface area contributed by atoms with E-state index in [1.165, 1.54) is 17.0 Å². The van der Waals surface area contributed by atoms with Crippen LogP contribution in [0.2, 0.25) is 5.02 Å². The molecule has 26 heavy (non-hydrogen) atoms. The molecular formula is C19H20ClFN2O3. The lowest BCUT2D eigenvalue weighted by Gasteiger charge is -2.30. The fraction of sp³-hybridized carbons (Fsp3) is 0.368. The molecule has 1 aliphatic rings. The number of carbonyl (C=O) groups is 2. The van der Waals surface area contributed by atoms with E-state index in [0.29, 0.717) is 46.8 Å². The second kappa shape index (κ2) is 7.11. The van der Waals surface area contributed by atoms with Gasteiger partial charge in [-0.1, -0.05) is 11.6 Å². The van der Waals surface area contributed by atoms with Crippen molar-refractivity contribution in [2.24, 2.45) is 0 Å². The number of aryl methyl sites for hydroxylation is 1. The first kappa shape index (κ1) is 18.5. The lowest BCUT2D eigenvalue weighted by molar-refractivity contribution is 0.0525. The minimum atomic E-state index is -0.482. The zero-order valence-electron chi connectivity index (χ0n) is 14.9. The van der Waals surface area contributed by atoms with Crippen molar-refractivity contribution in [1.29, 1.82) is 0 Å². The van der Waals surface area contributed by atoms with Gasteiger partial charge in [0, 0.05) is 17.3 Å². The van der Waals surface area contributed by atoms with E-state index in [-0.39, 0.29) is 23.9 Å². The molecule has 138 valence electrons. The van der Waals surface area contributed by atoms with Crippen molar-refractivity contribution in [2.75, 3.05) is 18.1 Å². The van der Waals surface area contributed by atoms with Crippen molar-refractivity contribution in [3.05, 3.63) is 51.1 Å². The quantitative estimate of drug-likeness (QED) is 0.814. The van der Waals surface area contributed by atoms with E-state index in [9.17, 15) is 14.0 Å². The van der Waals surface area contributed by atoms with E-state index in [1.807, 2.05) is 0 Å². The van der Waals surface area contributed by atoms with Crippen molar-refractivity contribution in [1.82, 2.24) is 4.98 Å². The van der Waals surface area contributed by atoms with Gasteiger partial charge in [-0.3, -0.25) is 4.79 Å². The maximum absolute atomic E-state index is 14.5. The van der Waals surface area contributed by atoms with Gasteiger partial charge in [-0.15, -0.1) is 0 Å². The SMILES string of the molecule is CCOC(=O)c1c(C)[nH]c(C(=O)N2CCCc3c(Cl)ccc(F)c32)c1C. The molecule has 7 heteroatoms. The van der Waals surface area contributed by atoms with Crippen LogP contribution in [0.15, 0.2) is 12.1 Å². The number of amides is 1. The molecular weight excluding hydrogens is 359 g/mol. The van der Waals surface area contributed by atoms with Gasteiger partial charge >= 0.3 is 5.97 Å². The number of nitrogens with zero attached hydrogens (tertiary/aromatic N) is 1. The molecule has 2 aromatic rings. The number of hydrogen-bond donors (Lipinski definition) is 1. The highest BCUT2D eigenvalue weighted by Crippen LogP contribution is 2.36. The first-order valence-electron chi connectivity index (χ1n) is 8.51. The molecule has 1 aromatic heterocycles. The molecule has 0 aliphatic carbocycles. The fourth-order valence-corrected chi connectivity index (χ4v) is 3.70. The van der Waals surface area contributed by atoms with Gasteiger partial charge in [0.05, 0.1) is 17.9 Å². The zero-order valence-corrected chi connectivity index (χ0v) is 15.7. The van der Waals surface area contributed by atoms with Crippen LogP contribution in [0, 0.1) is 19.7 Å². The van der Waals surface area contributed by atoms with Gasteiger partial charge in [-0.05, 0) is 56.9 Å². The van der Waals surface area contributed by atoms with Gasteiger partial charge in [0.1, 0.15) is 11.5 Å². The summed E-state index contributed by atoms with van der Waals surface area (Å²) in [5, 5.41) is 0.450. The smallest absolute Gasteiger partial charge is 0.340 e. The molecule has 0 bridgehead atoms. The molecule has 5 nitrogen and oxygen atoms in total. The number of carbonyl (C=O) groups excluding carboxylic acids is 2. The van der Waals surface area contributed by atoms with E-state index in [4.69, 9.17) is 16.3 Å². The average molecular weight is 379 g/mol. The third kappa shape index (κ3) is 2.98. The van der Waals surface area contributed by atoms with Gasteiger partial charge in [0.25, 0.3) is 5.91 Å². The fourth-order valence-electron chi connectivity index (χ4n) is 3.45. The van der Waals surface area contributed by atoms with Gasteiger partial charge < -0.3 is 14.6 Å². The van der Waals surface area contributed by atoms with E-state index in [1.54, 1.807) is 20.8 Å². The highest BCUT2D eigenvalue weighted by atomic mass is 35.5. The molecule has 1 amide bonds. The Morgan fingerprint density at radius 3 is 2.77 bits per heavy atom. The first-order valence-corrected chi connectivity index (χ1v) is 8.89. The van der Waals surface area contributed by atoms with Crippen LogP contribution in [-0.4, -0.2) is 30.0 Å². The van der Waals surface area contributed by atoms with Crippen molar-refractivity contribution in [3.63, 3.8) is 0 Å². The van der Waals surface area contributed by atoms with Crippen molar-refractivity contribution in [2.45, 2.75) is 33.6 Å². The van der Waals surface area contributed by atoms with E-state index >= 15 is 0 Å². The molecule has 1 N–H and O–H groups in total. The summed E-state index contributed by atoms with van der Waals surface area (Å²) in [5.41, 5.74) is 2.52. The van der Waals surface area contributed by atoms with E-state index in [0.717, 1.165) is 0 Å². The predicted molar refractivity (Wildman–Crippen MR) is 97.6 cm³/mol. The number of halogens is 2. The molecule has 0 unspecified atom stereocenters. The van der Waals surface area contributed by atoms with E-state index < -0.39 is 11.8 Å². The summed E-state index contributed by atoms with van der Waals surface area (Å²) in [6.07, 6.45) is 1.30. The van der Waals surface area contributed by atoms with Crippen LogP contribution in [-0.2, 0) is 11.2 Å². The molecule has 0 radical (unpaired) electrons. The minimum Gasteiger partial charge on any atom is -0.462 e. The van der Waals surface area contributed by atoms with Gasteiger partial charge in [-0.25, -0.2) is 9.18 Å². The Morgan fingerprint density at radius 2 is 2.08 bits per heavy atom. The maximum Gasteiger partial charge on any atom is 0.340 e. The molecule has 0 atom stereocenters. The Morgan fingerprint density at radius 1 is 1.35 bits per heavy atom. The third-order valence-corrected chi connectivity index (χ3v) is 4.98. The number of rotatable bonds is 3. The molecule has 2 heterocycles. The van der Waals surface area contributed by atoms with Crippen LogP contribution in [0.5, 0.6) is 0 Å². The summed E-state index contributed by atoms with van der Waals surface area (Å²) >= 11 is 6.19. The number of ether oxygens (including phenoxy) is 1. The molecule has 3 rings (SSSR count). The second-order valence-electron chi connectivity index (χ2n) is 6.26. The van der Waals surface area contributed by atoms with Crippen LogP contribution in [0.25, 0.3) is 0 Å². The Kier molecular flexibility index (Phi) is 5.05. The third-order valence-electron chi connectivity index (χ3n) is 4.63. The Hall–Kier alpha value is -2.34. The van der Waals surface area contributed by atoms with Gasteiger partial charge in [0.2, 0.25) is 0 Å². The summed E-state index contributed by atoms with van der Waals surface area (Å²) in [5.74, 6) is -1.35. The minimum absolute atomic E-state index is 0.220. The van der Waals surface area contributed by atoms with Crippen LogP contribution >= 0.6 is 11.6 Å². The van der Waals surface area contributed by atoms with Crippen LogP contribution in [0.4, 0.5) is 10.1 Å². The summed E-state index contributed by atoms with van der Waals surface area (Å²) in [7, 11) is 0. The number of esters is 1. The Balaban J connectivity index is 2.04. The Bertz CT molecular complexity index is 891. The normalized spacial score (nSPS) is 13.5. The lowest BCUT2D eigenvalue weighted by atomic mass is 10.00. The van der Waals surface area contributed by atoms with Crippen molar-refractivity contribution < 1.29 is 18.7 Å². The van der Waals surface area contributed by atoms with E-state index in [2.05, 4.69) is 4.98 Å². The first-order chi connectivity index (χ1) is 12.4. The lowest BCUT2D eigenvalue weighted by Crippen LogP contribution is -2.37. The van der Waals surface area contributed by atoms with Crippen LogP contribution < -0.4 is 4.90 Å². The Labute approximate surface area is 156 Å². The number of hydrogen-bond acceptors (Lipinski definition) is 3. The standard InChI is InChI=1S/C19H20ClFN2O3/c1-4-26-19(25)15-10(2)16(22-11(15)3)18(24)23-9-5-6-12-13(20)7-8-14(21)17(12)23/h7-8,22H,4-6,9H2,1-3H3. The average Bonchev–Trinajstić information content (AvgIpc) is 2.92. The summed E-state index contributed by atoms with van der Waals surface area (Å²) in [4.78, 5) is 29.6. The predicted octanol–water partition coefficient (Wildman–Crippen LogP) is 4.19. The van der Waals surface area contributed by atoms with Gasteiger partial charge in [-0.2, -0.15) is 0 Å². The summed E-state index contributed by atoms with van der Waals surface area (Å²) in [6, 6.07) is 2.77. The molecule has 1 aromatic carbocycles. The number of nitrogens with one attached hydrogen (secondary N) is 1. The maximum atomic E-state index is 14.5. The topological polar surface area (TPSA) is 62.4 Å². The molecule has 0 saturated heterocycles. The largest absolute Gasteiger partial charge is 0.462 e. The van der Waals surface area contributed by atoms with Crippen molar-refractivity contribution >= 4 is 29.2 Å².